The Morgan fingerprint density at radius 2 is 2.00 bits per heavy atom. The van der Waals surface area contributed by atoms with Crippen molar-refractivity contribution in [3.05, 3.63) is 29.3 Å². The van der Waals surface area contributed by atoms with Crippen LogP contribution in [0.15, 0.2) is 18.2 Å². The van der Waals surface area contributed by atoms with Gasteiger partial charge in [-0.25, -0.2) is 4.79 Å². The van der Waals surface area contributed by atoms with Crippen LogP contribution in [0.5, 0.6) is 0 Å². The highest BCUT2D eigenvalue weighted by Crippen LogP contribution is 2.24. The van der Waals surface area contributed by atoms with E-state index in [4.69, 9.17) is 0 Å². The van der Waals surface area contributed by atoms with E-state index in [1.807, 2.05) is 45.9 Å². The Morgan fingerprint density at radius 3 is 2.62 bits per heavy atom. The van der Waals surface area contributed by atoms with Gasteiger partial charge in [0, 0.05) is 18.3 Å². The first-order chi connectivity index (χ1) is 9.88. The van der Waals surface area contributed by atoms with Gasteiger partial charge >= 0.3 is 6.03 Å². The molecule has 0 unspecified atom stereocenters. The molecule has 5 heteroatoms. The quantitative estimate of drug-likeness (QED) is 0.895. The molecule has 0 aromatic heterocycles. The van der Waals surface area contributed by atoms with Crippen molar-refractivity contribution in [2.24, 2.45) is 0 Å². The van der Waals surface area contributed by atoms with Crippen molar-refractivity contribution in [1.82, 2.24) is 10.6 Å². The van der Waals surface area contributed by atoms with Crippen molar-refractivity contribution < 1.29 is 9.59 Å². The van der Waals surface area contributed by atoms with Crippen LogP contribution in [0.2, 0.25) is 0 Å². The Balaban J connectivity index is 2.04. The third-order valence-electron chi connectivity index (χ3n) is 3.73. The van der Waals surface area contributed by atoms with Gasteiger partial charge in [0.15, 0.2) is 0 Å². The highest BCUT2D eigenvalue weighted by molar-refractivity contribution is 6.01. The topological polar surface area (TPSA) is 61.4 Å². The second-order valence-electron chi connectivity index (χ2n) is 5.87. The van der Waals surface area contributed by atoms with Gasteiger partial charge in [0.1, 0.15) is 6.04 Å². The van der Waals surface area contributed by atoms with Gasteiger partial charge < -0.3 is 15.5 Å². The molecule has 1 aromatic carbocycles. The van der Waals surface area contributed by atoms with Gasteiger partial charge in [-0.3, -0.25) is 4.79 Å². The van der Waals surface area contributed by atoms with E-state index >= 15 is 0 Å². The molecule has 5 nitrogen and oxygen atoms in total. The molecule has 3 amide bonds. The van der Waals surface area contributed by atoms with Crippen molar-refractivity contribution in [1.29, 1.82) is 0 Å². The summed E-state index contributed by atoms with van der Waals surface area (Å²) in [6.07, 6.45) is 0.636. The number of amides is 3. The summed E-state index contributed by atoms with van der Waals surface area (Å²) in [6, 6.07) is 5.32. The first-order valence-corrected chi connectivity index (χ1v) is 7.34. The van der Waals surface area contributed by atoms with E-state index in [9.17, 15) is 9.59 Å². The van der Waals surface area contributed by atoms with Gasteiger partial charge in [0.2, 0.25) is 5.91 Å². The number of nitrogens with one attached hydrogen (secondary N) is 2. The van der Waals surface area contributed by atoms with E-state index in [0.717, 1.165) is 11.3 Å². The molecule has 0 saturated carbocycles. The summed E-state index contributed by atoms with van der Waals surface area (Å²) < 4.78 is 0. The number of urea groups is 1. The van der Waals surface area contributed by atoms with Gasteiger partial charge in [-0.2, -0.15) is 0 Å². The van der Waals surface area contributed by atoms with Crippen molar-refractivity contribution in [3.63, 3.8) is 0 Å². The lowest BCUT2D eigenvalue weighted by molar-refractivity contribution is -0.118. The molecule has 2 rings (SSSR count). The molecule has 0 radical (unpaired) electrons. The fraction of sp³-hybridized carbons (Fsp3) is 0.500. The van der Waals surface area contributed by atoms with Crippen LogP contribution in [0.1, 0.15) is 31.4 Å². The lowest BCUT2D eigenvalue weighted by atomic mass is 10.1. The van der Waals surface area contributed by atoms with Gasteiger partial charge in [-0.1, -0.05) is 6.07 Å². The van der Waals surface area contributed by atoms with E-state index < -0.39 is 6.04 Å². The highest BCUT2D eigenvalue weighted by Gasteiger charge is 2.33. The predicted octanol–water partition coefficient (Wildman–Crippen LogP) is 2.12. The molecule has 0 bridgehead atoms. The maximum absolute atomic E-state index is 12.4. The van der Waals surface area contributed by atoms with Crippen LogP contribution in [-0.4, -0.2) is 30.6 Å². The number of nitrogens with zero attached hydrogens (tertiary/aromatic N) is 1. The average molecular weight is 289 g/mol. The van der Waals surface area contributed by atoms with Crippen molar-refractivity contribution in [3.8, 4) is 0 Å². The summed E-state index contributed by atoms with van der Waals surface area (Å²) in [5, 5.41) is 5.49. The number of benzene rings is 1. The van der Waals surface area contributed by atoms with Crippen LogP contribution >= 0.6 is 0 Å². The second kappa shape index (κ2) is 6.16. The first-order valence-electron chi connectivity index (χ1n) is 7.34. The lowest BCUT2D eigenvalue weighted by Gasteiger charge is -2.19. The third kappa shape index (κ3) is 3.54. The first kappa shape index (κ1) is 15.4. The summed E-state index contributed by atoms with van der Waals surface area (Å²) in [4.78, 5) is 25.9. The molecular weight excluding hydrogens is 266 g/mol. The Kier molecular flexibility index (Phi) is 4.50. The van der Waals surface area contributed by atoms with E-state index in [2.05, 4.69) is 10.6 Å². The average Bonchev–Trinajstić information content (AvgIpc) is 2.74. The fourth-order valence-corrected chi connectivity index (χ4v) is 2.43. The minimum absolute atomic E-state index is 0.0443. The van der Waals surface area contributed by atoms with Crippen LogP contribution in [0.25, 0.3) is 0 Å². The summed E-state index contributed by atoms with van der Waals surface area (Å²) in [5.74, 6) is -0.0443. The van der Waals surface area contributed by atoms with E-state index in [1.54, 1.807) is 4.90 Å². The molecule has 0 aliphatic carbocycles. The molecule has 1 heterocycles. The predicted molar refractivity (Wildman–Crippen MR) is 83.5 cm³/mol. The Bertz CT molecular complexity index is 554. The molecule has 1 atom stereocenters. The number of carbonyl (C=O) groups is 2. The molecule has 1 saturated heterocycles. The summed E-state index contributed by atoms with van der Waals surface area (Å²) in [6.45, 7) is 8.49. The Morgan fingerprint density at radius 1 is 1.29 bits per heavy atom. The molecule has 0 spiro atoms. The van der Waals surface area contributed by atoms with Crippen LogP contribution in [0.4, 0.5) is 10.5 Å². The smallest absolute Gasteiger partial charge is 0.315 e. The SMILES string of the molecule is Cc1ccc(N2CC[C@@H](NC(=O)NC(C)C)C2=O)cc1C. The van der Waals surface area contributed by atoms with Crippen molar-refractivity contribution >= 4 is 17.6 Å². The zero-order valence-electron chi connectivity index (χ0n) is 13.1. The molecule has 21 heavy (non-hydrogen) atoms. The summed E-state index contributed by atoms with van der Waals surface area (Å²) >= 11 is 0. The zero-order valence-corrected chi connectivity index (χ0v) is 13.1. The number of rotatable bonds is 3. The molecule has 1 aliphatic heterocycles. The maximum Gasteiger partial charge on any atom is 0.315 e. The molecule has 1 aliphatic rings. The van der Waals surface area contributed by atoms with Gasteiger partial charge in [-0.15, -0.1) is 0 Å². The Labute approximate surface area is 125 Å². The number of hydrogen-bond acceptors (Lipinski definition) is 2. The third-order valence-corrected chi connectivity index (χ3v) is 3.73. The van der Waals surface area contributed by atoms with Crippen molar-refractivity contribution in [2.45, 2.75) is 46.2 Å². The minimum atomic E-state index is -0.439. The fourth-order valence-electron chi connectivity index (χ4n) is 2.43. The second-order valence-corrected chi connectivity index (χ2v) is 5.87. The van der Waals surface area contributed by atoms with Crippen molar-refractivity contribution in [2.75, 3.05) is 11.4 Å². The van der Waals surface area contributed by atoms with E-state index in [0.29, 0.717) is 13.0 Å². The van der Waals surface area contributed by atoms with Crippen LogP contribution in [-0.2, 0) is 4.79 Å². The Hall–Kier alpha value is -2.04. The van der Waals surface area contributed by atoms with Gasteiger partial charge in [0.25, 0.3) is 0 Å². The van der Waals surface area contributed by atoms with Crippen LogP contribution in [0.3, 0.4) is 0 Å². The van der Waals surface area contributed by atoms with E-state index in [1.165, 1.54) is 5.56 Å². The molecular formula is C16H23N3O2. The number of aryl methyl sites for hydroxylation is 2. The van der Waals surface area contributed by atoms with Crippen LogP contribution in [0, 0.1) is 13.8 Å². The molecule has 114 valence electrons. The monoisotopic (exact) mass is 289 g/mol. The largest absolute Gasteiger partial charge is 0.336 e. The number of hydrogen-bond donors (Lipinski definition) is 2. The maximum atomic E-state index is 12.4. The van der Waals surface area contributed by atoms with Gasteiger partial charge in [-0.05, 0) is 57.4 Å². The standard InChI is InChI=1S/C16H23N3O2/c1-10(2)17-16(21)18-14-7-8-19(15(14)20)13-6-5-11(3)12(4)9-13/h5-6,9-10,14H,7-8H2,1-4H3,(H2,17,18,21)/t14-/m1/s1. The zero-order chi connectivity index (χ0) is 15.6. The van der Waals surface area contributed by atoms with E-state index in [-0.39, 0.29) is 18.0 Å². The molecule has 1 aromatic rings. The van der Waals surface area contributed by atoms with Gasteiger partial charge in [0.05, 0.1) is 0 Å². The molecule has 2 N–H and O–H groups in total. The number of anilines is 1. The highest BCUT2D eigenvalue weighted by atomic mass is 16.2. The normalized spacial score (nSPS) is 18.2. The summed E-state index contributed by atoms with van der Waals surface area (Å²) in [5.41, 5.74) is 3.27. The summed E-state index contributed by atoms with van der Waals surface area (Å²) in [7, 11) is 0. The minimum Gasteiger partial charge on any atom is -0.336 e. The number of carbonyl (C=O) groups excluding carboxylic acids is 2. The lowest BCUT2D eigenvalue weighted by Crippen LogP contribution is -2.47. The molecule has 1 fully saturated rings. The van der Waals surface area contributed by atoms with Crippen LogP contribution < -0.4 is 15.5 Å².